The summed E-state index contributed by atoms with van der Waals surface area (Å²) in [7, 11) is -2.02. The van der Waals surface area contributed by atoms with Crippen molar-refractivity contribution < 1.29 is 17.9 Å². The van der Waals surface area contributed by atoms with Crippen molar-refractivity contribution in [2.45, 2.75) is 56.0 Å². The van der Waals surface area contributed by atoms with Crippen molar-refractivity contribution in [3.8, 4) is 0 Å². The molecule has 9 nitrogen and oxygen atoms in total. The van der Waals surface area contributed by atoms with E-state index in [-0.39, 0.29) is 17.6 Å². The third kappa shape index (κ3) is 4.81. The van der Waals surface area contributed by atoms with Gasteiger partial charge in [0, 0.05) is 26.2 Å². The van der Waals surface area contributed by atoms with Crippen molar-refractivity contribution in [2.24, 2.45) is 0 Å². The molecule has 168 valence electrons. The van der Waals surface area contributed by atoms with Gasteiger partial charge in [0.1, 0.15) is 0 Å². The molecule has 4 rings (SSSR count). The van der Waals surface area contributed by atoms with Gasteiger partial charge in [0.2, 0.25) is 10.0 Å². The van der Waals surface area contributed by atoms with Crippen LogP contribution in [0.3, 0.4) is 0 Å². The van der Waals surface area contributed by atoms with Gasteiger partial charge in [0.15, 0.2) is 5.69 Å². The minimum absolute atomic E-state index is 0.207. The van der Waals surface area contributed by atoms with Crippen molar-refractivity contribution in [3.63, 3.8) is 0 Å². The topological polar surface area (TPSA) is 106 Å². The number of rotatable bonds is 8. The summed E-state index contributed by atoms with van der Waals surface area (Å²) in [5, 5.41) is 10.7. The Morgan fingerprint density at radius 3 is 2.84 bits per heavy atom. The third-order valence-corrected chi connectivity index (χ3v) is 7.96. The van der Waals surface area contributed by atoms with Crippen LogP contribution < -0.4 is 5.32 Å². The molecule has 1 aromatic carbocycles. The SMILES string of the molecule is COCCNC(=O)c1cn(C[C@@H]2CCCN2S(=O)(=O)c2ccc3c(c2)CCCC3)nn1. The maximum absolute atomic E-state index is 13.4. The van der Waals surface area contributed by atoms with E-state index in [9.17, 15) is 13.2 Å². The molecule has 1 aliphatic heterocycles. The van der Waals surface area contributed by atoms with Crippen molar-refractivity contribution in [1.29, 1.82) is 0 Å². The Morgan fingerprint density at radius 1 is 1.23 bits per heavy atom. The fourth-order valence-corrected chi connectivity index (χ4v) is 6.11. The Balaban J connectivity index is 1.46. The number of hydrogen-bond donors (Lipinski definition) is 1. The fourth-order valence-electron chi connectivity index (χ4n) is 4.38. The first-order chi connectivity index (χ1) is 15.0. The Labute approximate surface area is 182 Å². The second kappa shape index (κ2) is 9.46. The summed E-state index contributed by atoms with van der Waals surface area (Å²) in [6, 6.07) is 5.36. The minimum atomic E-state index is -3.59. The molecule has 2 aromatic rings. The van der Waals surface area contributed by atoms with E-state index in [1.807, 2.05) is 12.1 Å². The number of aryl methyl sites for hydroxylation is 2. The molecule has 1 atom stereocenters. The van der Waals surface area contributed by atoms with E-state index in [0.717, 1.165) is 44.1 Å². The summed E-state index contributed by atoms with van der Waals surface area (Å²) in [6.45, 7) is 1.65. The first-order valence-corrected chi connectivity index (χ1v) is 12.2. The van der Waals surface area contributed by atoms with Gasteiger partial charge >= 0.3 is 0 Å². The van der Waals surface area contributed by atoms with E-state index in [1.54, 1.807) is 28.4 Å². The molecule has 0 radical (unpaired) electrons. The summed E-state index contributed by atoms with van der Waals surface area (Å²) in [6.07, 6.45) is 7.34. The molecular formula is C21H29N5O4S. The van der Waals surface area contributed by atoms with Gasteiger partial charge < -0.3 is 10.1 Å². The molecule has 0 spiro atoms. The van der Waals surface area contributed by atoms with Crippen LogP contribution in [0, 0.1) is 0 Å². The molecule has 0 bridgehead atoms. The van der Waals surface area contributed by atoms with Crippen LogP contribution >= 0.6 is 0 Å². The largest absolute Gasteiger partial charge is 0.383 e. The average Bonchev–Trinajstić information content (AvgIpc) is 3.44. The molecule has 2 aliphatic rings. The monoisotopic (exact) mass is 447 g/mol. The quantitative estimate of drug-likeness (QED) is 0.613. The zero-order valence-corrected chi connectivity index (χ0v) is 18.6. The van der Waals surface area contributed by atoms with Gasteiger partial charge in [-0.25, -0.2) is 8.42 Å². The highest BCUT2D eigenvalue weighted by Gasteiger charge is 2.36. The van der Waals surface area contributed by atoms with Gasteiger partial charge in [-0.2, -0.15) is 4.31 Å². The van der Waals surface area contributed by atoms with Crippen LogP contribution in [-0.4, -0.2) is 66.5 Å². The van der Waals surface area contributed by atoms with Crippen LogP contribution in [0.2, 0.25) is 0 Å². The van der Waals surface area contributed by atoms with E-state index in [0.29, 0.717) is 31.1 Å². The van der Waals surface area contributed by atoms with E-state index in [2.05, 4.69) is 15.6 Å². The lowest BCUT2D eigenvalue weighted by atomic mass is 9.92. The predicted molar refractivity (Wildman–Crippen MR) is 114 cm³/mol. The van der Waals surface area contributed by atoms with Crippen molar-refractivity contribution >= 4 is 15.9 Å². The van der Waals surface area contributed by atoms with Crippen LogP contribution in [-0.2, 0) is 34.1 Å². The first-order valence-electron chi connectivity index (χ1n) is 10.8. The van der Waals surface area contributed by atoms with Crippen molar-refractivity contribution in [1.82, 2.24) is 24.6 Å². The van der Waals surface area contributed by atoms with Crippen LogP contribution in [0.25, 0.3) is 0 Å². The minimum Gasteiger partial charge on any atom is -0.383 e. The van der Waals surface area contributed by atoms with E-state index >= 15 is 0 Å². The Hall–Kier alpha value is -2.30. The maximum Gasteiger partial charge on any atom is 0.273 e. The molecule has 1 aromatic heterocycles. The summed E-state index contributed by atoms with van der Waals surface area (Å²) in [5.41, 5.74) is 2.63. The molecular weight excluding hydrogens is 418 g/mol. The highest BCUT2D eigenvalue weighted by molar-refractivity contribution is 7.89. The number of nitrogens with zero attached hydrogens (tertiary/aromatic N) is 4. The number of methoxy groups -OCH3 is 1. The predicted octanol–water partition coefficient (Wildman–Crippen LogP) is 1.39. The molecule has 31 heavy (non-hydrogen) atoms. The molecule has 0 unspecified atom stereocenters. The standard InChI is InChI=1S/C21H29N5O4S/c1-30-12-10-22-21(27)20-15-25(24-23-20)14-18-7-4-11-26(18)31(28,29)19-9-8-16-5-2-3-6-17(16)13-19/h8-9,13,15,18H,2-7,10-12,14H2,1H3,(H,22,27)/t18-/m0/s1. The Bertz CT molecular complexity index is 1040. The Kier molecular flexibility index (Phi) is 6.68. The lowest BCUT2D eigenvalue weighted by Crippen LogP contribution is -2.38. The number of benzene rings is 1. The maximum atomic E-state index is 13.4. The molecule has 1 fully saturated rings. The van der Waals surface area contributed by atoms with Crippen LogP contribution in [0.4, 0.5) is 0 Å². The van der Waals surface area contributed by atoms with Gasteiger partial charge in [0.05, 0.1) is 24.2 Å². The molecule has 2 heterocycles. The molecule has 1 aliphatic carbocycles. The van der Waals surface area contributed by atoms with Gasteiger partial charge in [0.25, 0.3) is 5.91 Å². The highest BCUT2D eigenvalue weighted by atomic mass is 32.2. The summed E-state index contributed by atoms with van der Waals surface area (Å²) < 4.78 is 34.8. The molecule has 1 N–H and O–H groups in total. The molecule has 0 saturated carbocycles. The van der Waals surface area contributed by atoms with E-state index < -0.39 is 10.0 Å². The van der Waals surface area contributed by atoms with E-state index in [1.165, 1.54) is 5.56 Å². The third-order valence-electron chi connectivity index (χ3n) is 6.01. The lowest BCUT2D eigenvalue weighted by molar-refractivity contribution is 0.0932. The van der Waals surface area contributed by atoms with Gasteiger partial charge in [-0.1, -0.05) is 11.3 Å². The van der Waals surface area contributed by atoms with Crippen molar-refractivity contribution in [2.75, 3.05) is 26.8 Å². The number of carbonyl (C=O) groups excluding carboxylic acids is 1. The van der Waals surface area contributed by atoms with Crippen molar-refractivity contribution in [3.05, 3.63) is 41.2 Å². The summed E-state index contributed by atoms with van der Waals surface area (Å²) >= 11 is 0. The number of aromatic nitrogens is 3. The number of nitrogens with one attached hydrogen (secondary N) is 1. The molecule has 1 saturated heterocycles. The van der Waals surface area contributed by atoms with Crippen LogP contribution in [0.5, 0.6) is 0 Å². The lowest BCUT2D eigenvalue weighted by Gasteiger charge is -2.25. The molecule has 10 heteroatoms. The number of carbonyl (C=O) groups is 1. The van der Waals surface area contributed by atoms with E-state index in [4.69, 9.17) is 4.74 Å². The summed E-state index contributed by atoms with van der Waals surface area (Å²) in [5.74, 6) is -0.326. The number of amides is 1. The average molecular weight is 448 g/mol. The van der Waals surface area contributed by atoms with Crippen LogP contribution in [0.1, 0.15) is 47.3 Å². The fraction of sp³-hybridized carbons (Fsp3) is 0.571. The second-order valence-electron chi connectivity index (χ2n) is 8.12. The second-order valence-corrected chi connectivity index (χ2v) is 10.0. The zero-order chi connectivity index (χ0) is 21.8. The Morgan fingerprint density at radius 2 is 2.03 bits per heavy atom. The van der Waals surface area contributed by atoms with Gasteiger partial charge in [-0.05, 0) is 61.8 Å². The number of fused-ring (bicyclic) bond motifs is 1. The normalized spacial score (nSPS) is 19.3. The zero-order valence-electron chi connectivity index (χ0n) is 17.8. The number of sulfonamides is 1. The number of hydrogen-bond acceptors (Lipinski definition) is 6. The first kappa shape index (κ1) is 21.9. The number of ether oxygens (including phenoxy) is 1. The van der Waals surface area contributed by atoms with Crippen LogP contribution in [0.15, 0.2) is 29.3 Å². The smallest absolute Gasteiger partial charge is 0.273 e. The van der Waals surface area contributed by atoms with Gasteiger partial charge in [-0.15, -0.1) is 5.10 Å². The highest BCUT2D eigenvalue weighted by Crippen LogP contribution is 2.30. The molecule has 1 amide bonds. The van der Waals surface area contributed by atoms with Gasteiger partial charge in [-0.3, -0.25) is 9.48 Å². The summed E-state index contributed by atoms with van der Waals surface area (Å²) in [4.78, 5) is 12.5.